The van der Waals surface area contributed by atoms with Crippen molar-refractivity contribution in [1.29, 1.82) is 0 Å². The van der Waals surface area contributed by atoms with E-state index in [0.29, 0.717) is 41.1 Å². The average Bonchev–Trinajstić information content (AvgIpc) is 2.81. The summed E-state index contributed by atoms with van der Waals surface area (Å²) in [7, 11) is 0. The number of anilines is 1. The van der Waals surface area contributed by atoms with Crippen LogP contribution in [0.5, 0.6) is 0 Å². The van der Waals surface area contributed by atoms with Gasteiger partial charge in [0.1, 0.15) is 0 Å². The molecule has 3 rings (SSSR count). The molecule has 2 amide bonds. The summed E-state index contributed by atoms with van der Waals surface area (Å²) in [6.07, 6.45) is 4.73. The number of halogens is 2. The van der Waals surface area contributed by atoms with Gasteiger partial charge in [0.15, 0.2) is 0 Å². The van der Waals surface area contributed by atoms with Crippen LogP contribution in [-0.4, -0.2) is 16.7 Å². The molecule has 128 valence electrons. The van der Waals surface area contributed by atoms with Crippen LogP contribution in [0.25, 0.3) is 0 Å². The topological polar surface area (TPSA) is 37.4 Å². The Labute approximate surface area is 152 Å². The van der Waals surface area contributed by atoms with Crippen LogP contribution in [0.1, 0.15) is 51.5 Å². The van der Waals surface area contributed by atoms with Crippen molar-refractivity contribution in [3.63, 3.8) is 0 Å². The monoisotopic (exact) mass is 365 g/mol. The van der Waals surface area contributed by atoms with Crippen molar-refractivity contribution in [1.82, 2.24) is 0 Å². The van der Waals surface area contributed by atoms with E-state index in [-0.39, 0.29) is 11.8 Å². The molecule has 3 nitrogen and oxygen atoms in total. The van der Waals surface area contributed by atoms with Crippen LogP contribution in [0.3, 0.4) is 0 Å². The van der Waals surface area contributed by atoms with Crippen LogP contribution < -0.4 is 4.90 Å². The molecule has 0 spiro atoms. The fraction of sp³-hybridized carbons (Fsp3) is 0.474. The molecule has 0 saturated carbocycles. The second-order valence-electron chi connectivity index (χ2n) is 6.83. The highest BCUT2D eigenvalue weighted by Crippen LogP contribution is 2.37. The molecule has 1 atom stereocenters. The molecule has 1 aromatic rings. The summed E-state index contributed by atoms with van der Waals surface area (Å²) in [5.41, 5.74) is 2.83. The number of amides is 2. The molecule has 0 N–H and O–H groups in total. The number of nitrogens with zero attached hydrogens (tertiary/aromatic N) is 1. The fourth-order valence-corrected chi connectivity index (χ4v) is 3.66. The van der Waals surface area contributed by atoms with Crippen molar-refractivity contribution in [2.75, 3.05) is 4.90 Å². The number of alkyl halides is 1. The number of benzene rings is 1. The minimum atomic E-state index is -0.404. The van der Waals surface area contributed by atoms with E-state index in [0.717, 1.165) is 24.8 Å². The Morgan fingerprint density at radius 1 is 1.12 bits per heavy atom. The quantitative estimate of drug-likeness (QED) is 0.553. The lowest BCUT2D eigenvalue weighted by Crippen LogP contribution is -2.31. The third-order valence-electron chi connectivity index (χ3n) is 4.97. The van der Waals surface area contributed by atoms with Crippen molar-refractivity contribution < 1.29 is 9.59 Å². The first kappa shape index (κ1) is 17.5. The zero-order chi connectivity index (χ0) is 17.5. The van der Waals surface area contributed by atoms with E-state index in [1.807, 2.05) is 19.9 Å². The summed E-state index contributed by atoms with van der Waals surface area (Å²) in [4.78, 5) is 26.2. The molecule has 0 bridgehead atoms. The zero-order valence-electron chi connectivity index (χ0n) is 14.0. The molecule has 1 aromatic carbocycles. The lowest BCUT2D eigenvalue weighted by Gasteiger charge is -2.22. The van der Waals surface area contributed by atoms with Gasteiger partial charge in [-0.3, -0.25) is 9.59 Å². The minimum Gasteiger partial charge on any atom is -0.269 e. The summed E-state index contributed by atoms with van der Waals surface area (Å²) in [6, 6.07) is 5.30. The Balaban J connectivity index is 1.94. The molecular formula is C19H21Cl2NO2. The second kappa shape index (κ2) is 6.53. The van der Waals surface area contributed by atoms with Crippen molar-refractivity contribution >= 4 is 40.7 Å². The summed E-state index contributed by atoms with van der Waals surface area (Å²) in [5, 5.41) is 0.607. The molecule has 1 heterocycles. The summed E-state index contributed by atoms with van der Waals surface area (Å²) in [6.45, 7) is 3.99. The van der Waals surface area contributed by atoms with Gasteiger partial charge >= 0.3 is 0 Å². The van der Waals surface area contributed by atoms with Crippen LogP contribution in [0, 0.1) is 0 Å². The molecule has 5 heteroatoms. The maximum Gasteiger partial charge on any atom is 0.261 e. The predicted molar refractivity (Wildman–Crippen MR) is 97.7 cm³/mol. The van der Waals surface area contributed by atoms with E-state index in [9.17, 15) is 9.59 Å². The molecular weight excluding hydrogens is 345 g/mol. The highest BCUT2D eigenvalue weighted by atomic mass is 35.5. The lowest BCUT2D eigenvalue weighted by molar-refractivity contribution is -0.120. The fourth-order valence-electron chi connectivity index (χ4n) is 3.33. The van der Waals surface area contributed by atoms with Crippen molar-refractivity contribution in [2.24, 2.45) is 0 Å². The predicted octanol–water partition coefficient (Wildman–Crippen LogP) is 5.03. The molecule has 0 fully saturated rings. The summed E-state index contributed by atoms with van der Waals surface area (Å²) in [5.74, 6) is -0.348. The first-order valence-electron chi connectivity index (χ1n) is 8.42. The number of carbonyl (C=O) groups is 2. The molecule has 24 heavy (non-hydrogen) atoms. The number of hydrogen-bond acceptors (Lipinski definition) is 2. The van der Waals surface area contributed by atoms with Gasteiger partial charge in [-0.1, -0.05) is 18.5 Å². The van der Waals surface area contributed by atoms with Gasteiger partial charge in [-0.25, -0.2) is 4.90 Å². The average molecular weight is 366 g/mol. The largest absolute Gasteiger partial charge is 0.269 e. The van der Waals surface area contributed by atoms with E-state index in [1.165, 1.54) is 4.90 Å². The highest BCUT2D eigenvalue weighted by Gasteiger charge is 2.39. The first-order chi connectivity index (χ1) is 11.3. The molecule has 1 aliphatic heterocycles. The Morgan fingerprint density at radius 2 is 1.71 bits per heavy atom. The van der Waals surface area contributed by atoms with Gasteiger partial charge in [0, 0.05) is 21.0 Å². The normalized spacial score (nSPS) is 20.4. The van der Waals surface area contributed by atoms with Crippen molar-refractivity contribution in [3.05, 3.63) is 39.9 Å². The second-order valence-corrected chi connectivity index (χ2v) is 8.15. The van der Waals surface area contributed by atoms with E-state index >= 15 is 0 Å². The smallest absolute Gasteiger partial charge is 0.261 e. The zero-order valence-corrected chi connectivity index (χ0v) is 15.5. The first-order valence-corrected chi connectivity index (χ1v) is 9.18. The van der Waals surface area contributed by atoms with Gasteiger partial charge in [0.25, 0.3) is 11.8 Å². The molecule has 0 radical (unpaired) electrons. The molecule has 1 aliphatic carbocycles. The number of rotatable bonds is 4. The van der Waals surface area contributed by atoms with Gasteiger partial charge in [0.05, 0.1) is 5.69 Å². The van der Waals surface area contributed by atoms with Gasteiger partial charge < -0.3 is 0 Å². The van der Waals surface area contributed by atoms with E-state index < -0.39 is 4.87 Å². The van der Waals surface area contributed by atoms with Crippen LogP contribution in [0.15, 0.2) is 29.3 Å². The Kier molecular flexibility index (Phi) is 4.76. The number of carbonyl (C=O) groups excluding carboxylic acids is 2. The van der Waals surface area contributed by atoms with Gasteiger partial charge in [-0.2, -0.15) is 0 Å². The van der Waals surface area contributed by atoms with Crippen LogP contribution in [-0.2, 0) is 16.0 Å². The lowest BCUT2D eigenvalue weighted by atomic mass is 9.93. The Morgan fingerprint density at radius 3 is 2.25 bits per heavy atom. The maximum absolute atomic E-state index is 12.7. The van der Waals surface area contributed by atoms with Crippen LogP contribution in [0.2, 0.25) is 5.02 Å². The van der Waals surface area contributed by atoms with E-state index in [4.69, 9.17) is 23.2 Å². The third kappa shape index (κ3) is 3.12. The Bertz CT molecular complexity index is 709. The SMILES string of the molecule is CCC(C)(Cl)Cc1cc(N2C(=O)C3=C(CCCC3)C2=O)ccc1Cl. The molecule has 1 unspecified atom stereocenters. The van der Waals surface area contributed by atoms with Crippen LogP contribution in [0.4, 0.5) is 5.69 Å². The van der Waals surface area contributed by atoms with E-state index in [2.05, 4.69) is 0 Å². The van der Waals surface area contributed by atoms with Gasteiger partial charge in [-0.15, -0.1) is 11.6 Å². The third-order valence-corrected chi connectivity index (χ3v) is 5.74. The van der Waals surface area contributed by atoms with Crippen molar-refractivity contribution in [2.45, 2.75) is 57.2 Å². The summed E-state index contributed by atoms with van der Waals surface area (Å²) < 4.78 is 0. The Hall–Kier alpha value is -1.32. The molecule has 0 saturated heterocycles. The number of hydrogen-bond donors (Lipinski definition) is 0. The minimum absolute atomic E-state index is 0.174. The van der Waals surface area contributed by atoms with Crippen LogP contribution >= 0.6 is 23.2 Å². The van der Waals surface area contributed by atoms with Crippen molar-refractivity contribution in [3.8, 4) is 0 Å². The molecule has 0 aromatic heterocycles. The maximum atomic E-state index is 12.7. The van der Waals surface area contributed by atoms with Gasteiger partial charge in [-0.05, 0) is 69.2 Å². The van der Waals surface area contributed by atoms with Gasteiger partial charge in [0.2, 0.25) is 0 Å². The van der Waals surface area contributed by atoms with E-state index in [1.54, 1.807) is 12.1 Å². The molecule has 2 aliphatic rings. The summed E-state index contributed by atoms with van der Waals surface area (Å²) >= 11 is 12.8. The highest BCUT2D eigenvalue weighted by molar-refractivity contribution is 6.34. The number of imide groups is 1. The standard InChI is InChI=1S/C19H21Cl2NO2/c1-3-19(2,21)11-12-10-13(8-9-16(12)20)22-17(23)14-6-4-5-7-15(14)18(22)24/h8-10H,3-7,11H2,1-2H3.